The molecule has 4 aromatic rings. The molecule has 0 spiro atoms. The van der Waals surface area contributed by atoms with E-state index in [1.807, 2.05) is 0 Å². The highest BCUT2D eigenvalue weighted by molar-refractivity contribution is 14.1. The molecule has 0 heterocycles. The molecular formula is C22H15I. The first kappa shape index (κ1) is 14.5. The summed E-state index contributed by atoms with van der Waals surface area (Å²) in [5.41, 5.74) is 5.07. The van der Waals surface area contributed by atoms with E-state index in [2.05, 4.69) is 114 Å². The SMILES string of the molecule is Ic1cc(-c2ccccc2)cc2ccc(-c3ccccc3)cc12. The minimum Gasteiger partial charge on any atom is -0.0622 e. The minimum atomic E-state index is 1.26. The van der Waals surface area contributed by atoms with Crippen LogP contribution < -0.4 is 0 Å². The monoisotopic (exact) mass is 406 g/mol. The average molecular weight is 406 g/mol. The van der Waals surface area contributed by atoms with Crippen LogP contribution in [0.5, 0.6) is 0 Å². The van der Waals surface area contributed by atoms with Crippen LogP contribution in [0.1, 0.15) is 0 Å². The van der Waals surface area contributed by atoms with E-state index in [1.54, 1.807) is 0 Å². The number of rotatable bonds is 2. The second-order valence-electron chi connectivity index (χ2n) is 5.63. The number of hydrogen-bond donors (Lipinski definition) is 0. The molecule has 0 N–H and O–H groups in total. The van der Waals surface area contributed by atoms with Crippen molar-refractivity contribution < 1.29 is 0 Å². The highest BCUT2D eigenvalue weighted by Crippen LogP contribution is 2.31. The van der Waals surface area contributed by atoms with Crippen molar-refractivity contribution in [3.05, 3.63) is 94.6 Å². The molecule has 23 heavy (non-hydrogen) atoms. The maximum Gasteiger partial charge on any atom is 0.0215 e. The maximum absolute atomic E-state index is 2.45. The molecule has 0 fully saturated rings. The number of halogens is 1. The molecule has 0 aliphatic carbocycles. The van der Waals surface area contributed by atoms with Crippen LogP contribution >= 0.6 is 22.6 Å². The van der Waals surface area contributed by atoms with Crippen LogP contribution in [0.25, 0.3) is 33.0 Å². The van der Waals surface area contributed by atoms with Gasteiger partial charge in [-0.15, -0.1) is 0 Å². The van der Waals surface area contributed by atoms with Gasteiger partial charge in [0.05, 0.1) is 0 Å². The van der Waals surface area contributed by atoms with Gasteiger partial charge >= 0.3 is 0 Å². The van der Waals surface area contributed by atoms with Crippen LogP contribution in [0, 0.1) is 3.57 Å². The van der Waals surface area contributed by atoms with Crippen molar-refractivity contribution >= 4 is 33.4 Å². The molecule has 0 radical (unpaired) electrons. The van der Waals surface area contributed by atoms with Crippen LogP contribution in [-0.4, -0.2) is 0 Å². The average Bonchev–Trinajstić information content (AvgIpc) is 2.63. The third-order valence-corrected chi connectivity index (χ3v) is 5.01. The largest absolute Gasteiger partial charge is 0.0622 e. The highest BCUT2D eigenvalue weighted by Gasteiger charge is 2.06. The van der Waals surface area contributed by atoms with E-state index < -0.39 is 0 Å². The Labute approximate surface area is 149 Å². The van der Waals surface area contributed by atoms with Gasteiger partial charge in [-0.05, 0) is 73.8 Å². The van der Waals surface area contributed by atoms with Gasteiger partial charge in [0.1, 0.15) is 0 Å². The molecule has 0 nitrogen and oxygen atoms in total. The lowest BCUT2D eigenvalue weighted by molar-refractivity contribution is 1.61. The Hall–Kier alpha value is -2.13. The summed E-state index contributed by atoms with van der Waals surface area (Å²) in [5, 5.41) is 2.60. The van der Waals surface area contributed by atoms with E-state index in [0.29, 0.717) is 0 Å². The minimum absolute atomic E-state index is 1.26. The van der Waals surface area contributed by atoms with Gasteiger partial charge in [-0.25, -0.2) is 0 Å². The van der Waals surface area contributed by atoms with Gasteiger partial charge in [-0.3, -0.25) is 0 Å². The molecule has 0 unspecified atom stereocenters. The molecule has 4 aromatic carbocycles. The molecule has 0 aliphatic heterocycles. The van der Waals surface area contributed by atoms with E-state index >= 15 is 0 Å². The van der Waals surface area contributed by atoms with Crippen molar-refractivity contribution in [3.8, 4) is 22.3 Å². The quantitative estimate of drug-likeness (QED) is 0.322. The van der Waals surface area contributed by atoms with Crippen molar-refractivity contribution in [2.45, 2.75) is 0 Å². The van der Waals surface area contributed by atoms with Gasteiger partial charge in [0.15, 0.2) is 0 Å². The summed E-state index contributed by atoms with van der Waals surface area (Å²) >= 11 is 2.45. The van der Waals surface area contributed by atoms with Crippen LogP contribution in [0.4, 0.5) is 0 Å². The number of fused-ring (bicyclic) bond motifs is 1. The summed E-state index contributed by atoms with van der Waals surface area (Å²) in [6.07, 6.45) is 0. The van der Waals surface area contributed by atoms with Crippen LogP contribution in [0.3, 0.4) is 0 Å². The van der Waals surface area contributed by atoms with E-state index in [9.17, 15) is 0 Å². The van der Waals surface area contributed by atoms with E-state index in [4.69, 9.17) is 0 Å². The van der Waals surface area contributed by atoms with Crippen LogP contribution in [0.15, 0.2) is 91.0 Å². The van der Waals surface area contributed by atoms with Gasteiger partial charge in [-0.2, -0.15) is 0 Å². The second kappa shape index (κ2) is 6.17. The van der Waals surface area contributed by atoms with Gasteiger partial charge in [0, 0.05) is 3.57 Å². The third kappa shape index (κ3) is 2.89. The molecule has 0 saturated heterocycles. The predicted molar refractivity (Wildman–Crippen MR) is 108 cm³/mol. The Morgan fingerprint density at radius 2 is 1.09 bits per heavy atom. The van der Waals surface area contributed by atoms with Crippen molar-refractivity contribution in [2.24, 2.45) is 0 Å². The van der Waals surface area contributed by atoms with Crippen molar-refractivity contribution in [1.29, 1.82) is 0 Å². The molecule has 0 aliphatic rings. The van der Waals surface area contributed by atoms with Crippen molar-refractivity contribution in [3.63, 3.8) is 0 Å². The molecule has 0 amide bonds. The Kier molecular flexibility index (Phi) is 3.88. The second-order valence-corrected chi connectivity index (χ2v) is 6.79. The lowest BCUT2D eigenvalue weighted by Gasteiger charge is -2.09. The fourth-order valence-electron chi connectivity index (χ4n) is 2.92. The van der Waals surface area contributed by atoms with Gasteiger partial charge < -0.3 is 0 Å². The zero-order valence-electron chi connectivity index (χ0n) is 12.5. The molecule has 0 atom stereocenters. The van der Waals surface area contributed by atoms with Gasteiger partial charge in [0.2, 0.25) is 0 Å². The van der Waals surface area contributed by atoms with Crippen LogP contribution in [-0.2, 0) is 0 Å². The van der Waals surface area contributed by atoms with Crippen LogP contribution in [0.2, 0.25) is 0 Å². The molecular weight excluding hydrogens is 391 g/mol. The third-order valence-electron chi connectivity index (χ3n) is 4.12. The van der Waals surface area contributed by atoms with Gasteiger partial charge in [-0.1, -0.05) is 72.8 Å². The highest BCUT2D eigenvalue weighted by atomic mass is 127. The van der Waals surface area contributed by atoms with Crippen molar-refractivity contribution in [2.75, 3.05) is 0 Å². The van der Waals surface area contributed by atoms with E-state index in [1.165, 1.54) is 36.6 Å². The number of benzene rings is 4. The molecule has 0 bridgehead atoms. The first-order valence-electron chi connectivity index (χ1n) is 7.65. The molecule has 4 rings (SSSR count). The molecule has 0 aromatic heterocycles. The zero-order chi connectivity index (χ0) is 15.6. The fraction of sp³-hybridized carbons (Fsp3) is 0. The first-order valence-corrected chi connectivity index (χ1v) is 8.73. The first-order chi connectivity index (χ1) is 11.3. The summed E-state index contributed by atoms with van der Waals surface area (Å²) in [7, 11) is 0. The standard InChI is InChI=1S/C22H15I/c23-22-15-20(17-9-5-2-6-10-17)13-19-12-11-18(14-21(19)22)16-7-3-1-4-8-16/h1-15H. The summed E-state index contributed by atoms with van der Waals surface area (Å²) in [5.74, 6) is 0. The smallest absolute Gasteiger partial charge is 0.0215 e. The van der Waals surface area contributed by atoms with Crippen molar-refractivity contribution in [1.82, 2.24) is 0 Å². The Balaban J connectivity index is 1.86. The molecule has 110 valence electrons. The zero-order valence-corrected chi connectivity index (χ0v) is 14.7. The Morgan fingerprint density at radius 1 is 0.478 bits per heavy atom. The Bertz CT molecular complexity index is 957. The van der Waals surface area contributed by atoms with E-state index in [0.717, 1.165) is 0 Å². The maximum atomic E-state index is 2.45. The topological polar surface area (TPSA) is 0 Å². The predicted octanol–water partition coefficient (Wildman–Crippen LogP) is 6.78. The number of hydrogen-bond acceptors (Lipinski definition) is 0. The molecule has 1 heteroatoms. The van der Waals surface area contributed by atoms with E-state index in [-0.39, 0.29) is 0 Å². The summed E-state index contributed by atoms with van der Waals surface area (Å²) in [4.78, 5) is 0. The van der Waals surface area contributed by atoms with Gasteiger partial charge in [0.25, 0.3) is 0 Å². The summed E-state index contributed by atoms with van der Waals surface area (Å²) < 4.78 is 1.29. The fourth-order valence-corrected chi connectivity index (χ4v) is 3.72. The molecule has 0 saturated carbocycles. The Morgan fingerprint density at radius 3 is 1.74 bits per heavy atom. The summed E-state index contributed by atoms with van der Waals surface area (Å²) in [6, 6.07) is 32.4. The summed E-state index contributed by atoms with van der Waals surface area (Å²) in [6.45, 7) is 0. The normalized spacial score (nSPS) is 10.8. The lowest BCUT2D eigenvalue weighted by Crippen LogP contribution is -1.85. The lowest BCUT2D eigenvalue weighted by atomic mass is 9.98.